The molecule has 0 aliphatic carbocycles. The van der Waals surface area contributed by atoms with Crippen LogP contribution in [0.1, 0.15) is 29.2 Å². The van der Waals surface area contributed by atoms with Crippen LogP contribution in [0.3, 0.4) is 0 Å². The number of aromatic nitrogens is 2. The predicted octanol–water partition coefficient (Wildman–Crippen LogP) is 4.13. The molecule has 5 nitrogen and oxygen atoms in total. The van der Waals surface area contributed by atoms with Crippen LogP contribution in [0, 0.1) is 12.8 Å². The minimum atomic E-state index is 0.216. The maximum Gasteiger partial charge on any atom is 0.227 e. The summed E-state index contributed by atoms with van der Waals surface area (Å²) in [6.07, 6.45) is 3.34. The third kappa shape index (κ3) is 4.27. The first kappa shape index (κ1) is 17.9. The molecule has 2 aromatic heterocycles. The van der Waals surface area contributed by atoms with Crippen LogP contribution >= 0.6 is 11.3 Å². The van der Waals surface area contributed by atoms with Crippen LogP contribution in [-0.4, -0.2) is 34.0 Å². The normalized spacial score (nSPS) is 17.2. The van der Waals surface area contributed by atoms with Crippen LogP contribution in [0.2, 0.25) is 0 Å². The van der Waals surface area contributed by atoms with Crippen molar-refractivity contribution in [2.75, 3.05) is 13.1 Å². The summed E-state index contributed by atoms with van der Waals surface area (Å²) in [6, 6.07) is 12.1. The number of piperidine rings is 1. The third-order valence-corrected chi connectivity index (χ3v) is 5.97. The van der Waals surface area contributed by atoms with Gasteiger partial charge in [-0.15, -0.1) is 11.3 Å². The van der Waals surface area contributed by atoms with Gasteiger partial charge in [-0.3, -0.25) is 4.79 Å². The van der Waals surface area contributed by atoms with E-state index in [1.165, 1.54) is 0 Å². The van der Waals surface area contributed by atoms with Gasteiger partial charge in [-0.1, -0.05) is 35.5 Å². The number of thiophene rings is 1. The van der Waals surface area contributed by atoms with Crippen molar-refractivity contribution in [1.82, 2.24) is 15.0 Å². The fourth-order valence-electron chi connectivity index (χ4n) is 3.65. The Morgan fingerprint density at radius 3 is 3.00 bits per heavy atom. The molecule has 0 saturated carbocycles. The van der Waals surface area contributed by atoms with E-state index < -0.39 is 0 Å². The Kier molecular flexibility index (Phi) is 5.34. The Morgan fingerprint density at radius 2 is 2.19 bits per heavy atom. The minimum absolute atomic E-state index is 0.216. The molecule has 0 bridgehead atoms. The zero-order chi connectivity index (χ0) is 18.6. The third-order valence-electron chi connectivity index (χ3n) is 5.09. The van der Waals surface area contributed by atoms with Crippen molar-refractivity contribution in [3.8, 4) is 11.4 Å². The Labute approximate surface area is 163 Å². The van der Waals surface area contributed by atoms with Crippen LogP contribution in [0.15, 0.2) is 46.3 Å². The van der Waals surface area contributed by atoms with Crippen molar-refractivity contribution in [3.63, 3.8) is 0 Å². The molecule has 6 heteroatoms. The van der Waals surface area contributed by atoms with Gasteiger partial charge in [0.1, 0.15) is 0 Å². The molecular formula is C21H23N3O2S. The summed E-state index contributed by atoms with van der Waals surface area (Å²) in [5, 5.41) is 6.17. The van der Waals surface area contributed by atoms with Crippen molar-refractivity contribution in [2.45, 2.75) is 32.6 Å². The summed E-state index contributed by atoms with van der Waals surface area (Å²) < 4.78 is 5.49. The first-order chi connectivity index (χ1) is 13.2. The lowest BCUT2D eigenvalue weighted by Crippen LogP contribution is -2.41. The Hall–Kier alpha value is -2.47. The fourth-order valence-corrected chi connectivity index (χ4v) is 4.35. The van der Waals surface area contributed by atoms with Crippen LogP contribution in [0.4, 0.5) is 0 Å². The smallest absolute Gasteiger partial charge is 0.227 e. The van der Waals surface area contributed by atoms with Crippen LogP contribution < -0.4 is 0 Å². The Balaban J connectivity index is 1.38. The van der Waals surface area contributed by atoms with Crippen molar-refractivity contribution in [3.05, 3.63) is 58.1 Å². The topological polar surface area (TPSA) is 59.2 Å². The molecule has 0 radical (unpaired) electrons. The zero-order valence-electron chi connectivity index (χ0n) is 15.4. The van der Waals surface area contributed by atoms with E-state index in [-0.39, 0.29) is 5.91 Å². The number of likely N-dealkylation sites (tertiary alicyclic amines) is 1. The molecule has 27 heavy (non-hydrogen) atoms. The monoisotopic (exact) mass is 381 g/mol. The summed E-state index contributed by atoms with van der Waals surface area (Å²) in [6.45, 7) is 3.66. The standard InChI is InChI=1S/C21H23N3O2S/c1-15-6-2-3-9-18(15)21-22-19(26-23-21)12-16-7-4-10-24(14-16)20(25)13-17-8-5-11-27-17/h2-3,5-6,8-9,11,16H,4,7,10,12-14H2,1H3/t16-/m0/s1. The molecule has 0 N–H and O–H groups in total. The van der Waals surface area contributed by atoms with E-state index in [0.717, 1.165) is 48.4 Å². The molecule has 0 spiro atoms. The summed E-state index contributed by atoms with van der Waals surface area (Å²) in [5.41, 5.74) is 2.14. The maximum absolute atomic E-state index is 12.6. The summed E-state index contributed by atoms with van der Waals surface area (Å²) in [5.74, 6) is 1.89. The van der Waals surface area contributed by atoms with E-state index in [2.05, 4.69) is 10.1 Å². The molecular weight excluding hydrogens is 358 g/mol. The first-order valence-corrected chi connectivity index (χ1v) is 10.3. The number of hydrogen-bond acceptors (Lipinski definition) is 5. The van der Waals surface area contributed by atoms with E-state index in [0.29, 0.717) is 24.1 Å². The van der Waals surface area contributed by atoms with Gasteiger partial charge < -0.3 is 9.42 Å². The average molecular weight is 382 g/mol. The number of carbonyl (C=O) groups is 1. The molecule has 3 aromatic rings. The van der Waals surface area contributed by atoms with E-state index in [9.17, 15) is 4.79 Å². The van der Waals surface area contributed by atoms with Crippen LogP contribution in [0.5, 0.6) is 0 Å². The molecule has 140 valence electrons. The molecule has 4 rings (SSSR count). The highest BCUT2D eigenvalue weighted by Crippen LogP contribution is 2.24. The van der Waals surface area contributed by atoms with E-state index in [4.69, 9.17) is 4.52 Å². The Bertz CT molecular complexity index is 904. The molecule has 1 fully saturated rings. The van der Waals surface area contributed by atoms with E-state index >= 15 is 0 Å². The second-order valence-corrected chi connectivity index (χ2v) is 8.17. The summed E-state index contributed by atoms with van der Waals surface area (Å²) in [7, 11) is 0. The van der Waals surface area contributed by atoms with E-state index in [1.54, 1.807) is 11.3 Å². The number of benzene rings is 1. The van der Waals surface area contributed by atoms with Crippen LogP contribution in [-0.2, 0) is 17.6 Å². The summed E-state index contributed by atoms with van der Waals surface area (Å²) in [4.78, 5) is 20.3. The number of amides is 1. The van der Waals surface area contributed by atoms with Crippen molar-refractivity contribution in [2.24, 2.45) is 5.92 Å². The lowest BCUT2D eigenvalue weighted by molar-refractivity contribution is -0.132. The SMILES string of the molecule is Cc1ccccc1-c1noc(C[C@@H]2CCCN(C(=O)Cc3cccs3)C2)n1. The lowest BCUT2D eigenvalue weighted by Gasteiger charge is -2.32. The van der Waals surface area contributed by atoms with Crippen molar-refractivity contribution < 1.29 is 9.32 Å². The second-order valence-electron chi connectivity index (χ2n) is 7.13. The predicted molar refractivity (Wildman–Crippen MR) is 106 cm³/mol. The highest BCUT2D eigenvalue weighted by molar-refractivity contribution is 7.10. The van der Waals surface area contributed by atoms with Crippen LogP contribution in [0.25, 0.3) is 11.4 Å². The average Bonchev–Trinajstić information content (AvgIpc) is 3.34. The summed E-state index contributed by atoms with van der Waals surface area (Å²) >= 11 is 1.64. The number of carbonyl (C=O) groups excluding carboxylic acids is 1. The number of aryl methyl sites for hydroxylation is 1. The maximum atomic E-state index is 12.6. The van der Waals surface area contributed by atoms with Crippen molar-refractivity contribution in [1.29, 1.82) is 0 Å². The molecule has 1 amide bonds. The first-order valence-electron chi connectivity index (χ1n) is 9.38. The van der Waals surface area contributed by atoms with Gasteiger partial charge in [0.05, 0.1) is 6.42 Å². The van der Waals surface area contributed by atoms with Gasteiger partial charge in [0.2, 0.25) is 17.6 Å². The van der Waals surface area contributed by atoms with Gasteiger partial charge >= 0.3 is 0 Å². The quantitative estimate of drug-likeness (QED) is 0.667. The van der Waals surface area contributed by atoms with Gasteiger partial charge in [0.25, 0.3) is 0 Å². The molecule has 0 unspecified atom stereocenters. The van der Waals surface area contributed by atoms with E-state index in [1.807, 2.05) is 53.6 Å². The molecule has 1 aromatic carbocycles. The van der Waals surface area contributed by atoms with Gasteiger partial charge in [-0.05, 0) is 42.7 Å². The number of rotatable bonds is 5. The highest BCUT2D eigenvalue weighted by atomic mass is 32.1. The van der Waals surface area contributed by atoms with Gasteiger partial charge in [-0.25, -0.2) is 0 Å². The molecule has 1 aliphatic heterocycles. The molecule has 1 aliphatic rings. The van der Waals surface area contributed by atoms with Gasteiger partial charge in [0, 0.05) is 30.0 Å². The van der Waals surface area contributed by atoms with Gasteiger partial charge in [-0.2, -0.15) is 4.98 Å². The highest BCUT2D eigenvalue weighted by Gasteiger charge is 2.25. The van der Waals surface area contributed by atoms with Gasteiger partial charge in [0.15, 0.2) is 0 Å². The molecule has 1 atom stereocenters. The fraction of sp³-hybridized carbons (Fsp3) is 0.381. The lowest BCUT2D eigenvalue weighted by atomic mass is 9.94. The molecule has 1 saturated heterocycles. The minimum Gasteiger partial charge on any atom is -0.342 e. The number of nitrogens with zero attached hydrogens (tertiary/aromatic N) is 3. The molecule has 3 heterocycles. The second kappa shape index (κ2) is 8.05. The zero-order valence-corrected chi connectivity index (χ0v) is 16.2. The number of hydrogen-bond donors (Lipinski definition) is 0. The Morgan fingerprint density at radius 1 is 1.30 bits per heavy atom. The van der Waals surface area contributed by atoms with Crippen molar-refractivity contribution >= 4 is 17.2 Å². The largest absolute Gasteiger partial charge is 0.342 e.